The van der Waals surface area contributed by atoms with Crippen molar-refractivity contribution in [3.63, 3.8) is 0 Å². The van der Waals surface area contributed by atoms with Gasteiger partial charge in [-0.2, -0.15) is 0 Å². The van der Waals surface area contributed by atoms with Gasteiger partial charge in [0, 0.05) is 32.2 Å². The number of benzene rings is 1. The van der Waals surface area contributed by atoms with Gasteiger partial charge in [0.05, 0.1) is 0 Å². The van der Waals surface area contributed by atoms with E-state index in [4.69, 9.17) is 5.73 Å². The van der Waals surface area contributed by atoms with E-state index in [1.807, 2.05) is 0 Å². The molecule has 2 amide bonds. The Bertz CT molecular complexity index is 559. The van der Waals surface area contributed by atoms with E-state index < -0.39 is 11.8 Å². The molecule has 0 aromatic heterocycles. The summed E-state index contributed by atoms with van der Waals surface area (Å²) in [6, 6.07) is 6.61. The monoisotopic (exact) mass is 321 g/mol. The largest absolute Gasteiger partial charge is 0.361 e. The third-order valence-electron chi connectivity index (χ3n) is 4.32. The summed E-state index contributed by atoms with van der Waals surface area (Å²) in [5.41, 5.74) is 6.17. The Labute approximate surface area is 136 Å². The number of carbonyl (C=O) groups is 2. The van der Waals surface area contributed by atoms with Crippen LogP contribution in [0.15, 0.2) is 24.3 Å². The number of hydrogen-bond acceptors (Lipinski definition) is 3. The van der Waals surface area contributed by atoms with Gasteiger partial charge in [-0.3, -0.25) is 14.5 Å². The Kier molecular flexibility index (Phi) is 5.71. The predicted octanol–water partition coefficient (Wildman–Crippen LogP) is 1.37. The molecule has 1 aliphatic rings. The summed E-state index contributed by atoms with van der Waals surface area (Å²) >= 11 is 0. The Morgan fingerprint density at radius 1 is 1.26 bits per heavy atom. The Morgan fingerprint density at radius 3 is 2.48 bits per heavy atom. The lowest BCUT2D eigenvalue weighted by Gasteiger charge is -2.34. The molecule has 23 heavy (non-hydrogen) atoms. The summed E-state index contributed by atoms with van der Waals surface area (Å²) in [5.74, 6) is -1.45. The predicted molar refractivity (Wildman–Crippen MR) is 85.8 cm³/mol. The number of halogens is 1. The van der Waals surface area contributed by atoms with Crippen LogP contribution in [-0.4, -0.2) is 47.3 Å². The number of rotatable bonds is 3. The van der Waals surface area contributed by atoms with Crippen LogP contribution in [0.3, 0.4) is 0 Å². The average molecular weight is 321 g/mol. The maximum Gasteiger partial charge on any atom is 0.311 e. The molecule has 1 aromatic carbocycles. The Hall–Kier alpha value is -1.95. The van der Waals surface area contributed by atoms with Crippen molar-refractivity contribution in [2.45, 2.75) is 32.9 Å². The van der Waals surface area contributed by atoms with Gasteiger partial charge in [-0.25, -0.2) is 4.39 Å². The van der Waals surface area contributed by atoms with E-state index in [9.17, 15) is 14.0 Å². The molecule has 5 nitrogen and oxygen atoms in total. The average Bonchev–Trinajstić information content (AvgIpc) is 2.71. The summed E-state index contributed by atoms with van der Waals surface area (Å²) < 4.78 is 13.0. The Morgan fingerprint density at radius 2 is 1.91 bits per heavy atom. The van der Waals surface area contributed by atoms with Crippen LogP contribution in [-0.2, 0) is 16.1 Å². The van der Waals surface area contributed by atoms with Gasteiger partial charge in [0.2, 0.25) is 0 Å². The number of amides is 2. The fourth-order valence-electron chi connectivity index (χ4n) is 3.06. The lowest BCUT2D eigenvalue weighted by molar-refractivity contribution is -0.144. The molecule has 1 fully saturated rings. The second kappa shape index (κ2) is 7.55. The van der Waals surface area contributed by atoms with Crippen molar-refractivity contribution in [1.82, 2.24) is 9.80 Å². The first-order valence-corrected chi connectivity index (χ1v) is 7.95. The molecule has 1 aliphatic heterocycles. The van der Waals surface area contributed by atoms with Gasteiger partial charge in [-0.05, 0) is 30.0 Å². The van der Waals surface area contributed by atoms with Gasteiger partial charge in [-0.1, -0.05) is 26.0 Å². The molecule has 2 rings (SSSR count). The minimum atomic E-state index is -0.903. The van der Waals surface area contributed by atoms with E-state index in [1.165, 1.54) is 12.1 Å². The molecule has 126 valence electrons. The zero-order valence-electron chi connectivity index (χ0n) is 13.7. The highest BCUT2D eigenvalue weighted by molar-refractivity contribution is 6.34. The molecular formula is C17H24FN3O2. The summed E-state index contributed by atoms with van der Waals surface area (Å²) in [4.78, 5) is 26.9. The molecule has 6 heteroatoms. The minimum absolute atomic E-state index is 0.130. The van der Waals surface area contributed by atoms with Crippen LogP contribution in [0.5, 0.6) is 0 Å². The van der Waals surface area contributed by atoms with E-state index in [1.54, 1.807) is 17.0 Å². The van der Waals surface area contributed by atoms with E-state index in [0.29, 0.717) is 25.6 Å². The molecule has 1 atom stereocenters. The van der Waals surface area contributed by atoms with E-state index in [0.717, 1.165) is 18.5 Å². The fraction of sp³-hybridized carbons (Fsp3) is 0.529. The molecule has 1 aromatic rings. The van der Waals surface area contributed by atoms with E-state index in [-0.39, 0.29) is 11.9 Å². The number of nitrogens with zero attached hydrogens (tertiary/aromatic N) is 2. The van der Waals surface area contributed by atoms with Crippen LogP contribution in [0.25, 0.3) is 0 Å². The van der Waals surface area contributed by atoms with Crippen molar-refractivity contribution in [2.24, 2.45) is 11.7 Å². The topological polar surface area (TPSA) is 66.6 Å². The SMILES string of the molecule is CC(C)C1CN(C(=O)C(N)=O)CCCN1Cc1ccc(F)cc1. The van der Waals surface area contributed by atoms with Crippen molar-refractivity contribution in [2.75, 3.05) is 19.6 Å². The zero-order valence-corrected chi connectivity index (χ0v) is 13.7. The second-order valence-electron chi connectivity index (χ2n) is 6.38. The molecule has 1 saturated heterocycles. The molecule has 1 heterocycles. The van der Waals surface area contributed by atoms with Gasteiger partial charge >= 0.3 is 11.8 Å². The second-order valence-corrected chi connectivity index (χ2v) is 6.38. The van der Waals surface area contributed by atoms with Crippen LogP contribution in [0.2, 0.25) is 0 Å². The first-order chi connectivity index (χ1) is 10.9. The third-order valence-corrected chi connectivity index (χ3v) is 4.32. The lowest BCUT2D eigenvalue weighted by Crippen LogP contribution is -2.48. The van der Waals surface area contributed by atoms with Crippen molar-refractivity contribution in [3.05, 3.63) is 35.6 Å². The number of nitrogens with two attached hydrogens (primary N) is 1. The van der Waals surface area contributed by atoms with Crippen LogP contribution < -0.4 is 5.73 Å². The molecule has 0 bridgehead atoms. The maximum absolute atomic E-state index is 13.0. The van der Waals surface area contributed by atoms with Crippen molar-refractivity contribution in [1.29, 1.82) is 0 Å². The maximum atomic E-state index is 13.0. The van der Waals surface area contributed by atoms with Crippen molar-refractivity contribution in [3.8, 4) is 0 Å². The standard InChI is InChI=1S/C17H24FN3O2/c1-12(2)15-11-21(17(23)16(19)22)9-3-8-20(15)10-13-4-6-14(18)7-5-13/h4-7,12,15H,3,8-11H2,1-2H3,(H2,19,22). The molecule has 0 aliphatic carbocycles. The zero-order chi connectivity index (χ0) is 17.0. The van der Waals surface area contributed by atoms with Gasteiger partial charge in [-0.15, -0.1) is 0 Å². The highest BCUT2D eigenvalue weighted by Crippen LogP contribution is 2.20. The fourth-order valence-corrected chi connectivity index (χ4v) is 3.06. The van der Waals surface area contributed by atoms with Gasteiger partial charge in [0.15, 0.2) is 0 Å². The summed E-state index contributed by atoms with van der Waals surface area (Å²) in [5, 5.41) is 0. The summed E-state index contributed by atoms with van der Waals surface area (Å²) in [6.07, 6.45) is 0.781. The van der Waals surface area contributed by atoms with Crippen LogP contribution >= 0.6 is 0 Å². The molecule has 0 radical (unpaired) electrons. The Balaban J connectivity index is 2.13. The van der Waals surface area contributed by atoms with Gasteiger partial charge in [0.25, 0.3) is 0 Å². The number of carbonyl (C=O) groups excluding carboxylic acids is 2. The molecule has 1 unspecified atom stereocenters. The summed E-state index contributed by atoms with van der Waals surface area (Å²) in [6.45, 7) is 6.73. The van der Waals surface area contributed by atoms with Crippen molar-refractivity contribution < 1.29 is 14.0 Å². The van der Waals surface area contributed by atoms with Crippen LogP contribution in [0, 0.1) is 11.7 Å². The smallest absolute Gasteiger partial charge is 0.311 e. The molecule has 2 N–H and O–H groups in total. The van der Waals surface area contributed by atoms with E-state index in [2.05, 4.69) is 18.7 Å². The van der Waals surface area contributed by atoms with Gasteiger partial charge in [0.1, 0.15) is 5.82 Å². The normalized spacial score (nSPS) is 19.7. The first-order valence-electron chi connectivity index (χ1n) is 7.95. The minimum Gasteiger partial charge on any atom is -0.361 e. The van der Waals surface area contributed by atoms with Crippen LogP contribution in [0.4, 0.5) is 4.39 Å². The van der Waals surface area contributed by atoms with Crippen LogP contribution in [0.1, 0.15) is 25.8 Å². The number of hydrogen-bond donors (Lipinski definition) is 1. The summed E-state index contributed by atoms with van der Waals surface area (Å²) in [7, 11) is 0. The lowest BCUT2D eigenvalue weighted by atomic mass is 10.0. The molecular weight excluding hydrogens is 297 g/mol. The number of primary amides is 1. The molecule has 0 saturated carbocycles. The van der Waals surface area contributed by atoms with E-state index >= 15 is 0 Å². The highest BCUT2D eigenvalue weighted by atomic mass is 19.1. The quantitative estimate of drug-likeness (QED) is 0.855. The molecule has 0 spiro atoms. The highest BCUT2D eigenvalue weighted by Gasteiger charge is 2.30. The van der Waals surface area contributed by atoms with Crippen molar-refractivity contribution >= 4 is 11.8 Å². The third kappa shape index (κ3) is 4.51. The first kappa shape index (κ1) is 17.4. The van der Waals surface area contributed by atoms with Gasteiger partial charge < -0.3 is 10.6 Å².